The molecule has 1 saturated heterocycles. The number of benzene rings is 1. The van der Waals surface area contributed by atoms with Crippen LogP contribution in [0.25, 0.3) is 11.2 Å². The number of hydrogen-bond acceptors (Lipinski definition) is 12. The predicted molar refractivity (Wildman–Crippen MR) is 151 cm³/mol. The molecule has 6 atom stereocenters. The first kappa shape index (κ1) is 31.0. The number of rotatable bonds is 13. The summed E-state index contributed by atoms with van der Waals surface area (Å²) in [7, 11) is -4.39. The molecule has 0 amide bonds. The number of aliphatic hydroxyl groups is 1. The van der Waals surface area contributed by atoms with Crippen LogP contribution >= 0.6 is 7.75 Å². The fourth-order valence-corrected chi connectivity index (χ4v) is 6.02. The topological polar surface area (TPSA) is 185 Å². The molecule has 1 saturated carbocycles. The lowest BCUT2D eigenvalue weighted by molar-refractivity contribution is -0.149. The number of ether oxygens (including phenoxy) is 2. The zero-order valence-electron chi connectivity index (χ0n) is 23.7. The summed E-state index contributed by atoms with van der Waals surface area (Å²) in [6, 6.07) is 7.01. The van der Waals surface area contributed by atoms with Gasteiger partial charge in [0.05, 0.1) is 19.0 Å². The zero-order chi connectivity index (χ0) is 30.9. The van der Waals surface area contributed by atoms with Crippen molar-refractivity contribution in [1.82, 2.24) is 24.6 Å². The second kappa shape index (κ2) is 12.3. The summed E-state index contributed by atoms with van der Waals surface area (Å²) < 4.78 is 67.4. The SMILES string of the molecule is CC(C)OC(=O)[C@H](C)NP(=O)(OC[C@H]1O[C@@H](n2cnc3c(NC4CC4)nc(N)nc32)[C@@](F)(CF)[C@@H]1O)Oc1ccccc1. The number of imidazole rings is 1. The molecule has 1 aliphatic carbocycles. The van der Waals surface area contributed by atoms with Crippen molar-refractivity contribution >= 4 is 36.6 Å². The van der Waals surface area contributed by atoms with Gasteiger partial charge >= 0.3 is 13.7 Å². The highest BCUT2D eigenvalue weighted by Gasteiger charge is 2.59. The van der Waals surface area contributed by atoms with Crippen molar-refractivity contribution in [2.24, 2.45) is 0 Å². The van der Waals surface area contributed by atoms with Gasteiger partial charge in [-0.15, -0.1) is 0 Å². The van der Waals surface area contributed by atoms with E-state index in [1.54, 1.807) is 32.0 Å². The van der Waals surface area contributed by atoms with Gasteiger partial charge in [0, 0.05) is 6.04 Å². The number of nitrogens with two attached hydrogens (primary N) is 1. The van der Waals surface area contributed by atoms with Gasteiger partial charge in [-0.3, -0.25) is 13.9 Å². The van der Waals surface area contributed by atoms with Gasteiger partial charge in [0.25, 0.3) is 0 Å². The van der Waals surface area contributed by atoms with Crippen molar-refractivity contribution in [2.75, 3.05) is 24.3 Å². The molecule has 0 radical (unpaired) electrons. The van der Waals surface area contributed by atoms with Gasteiger partial charge in [-0.25, -0.2) is 18.3 Å². The largest absolute Gasteiger partial charge is 0.462 e. The van der Waals surface area contributed by atoms with E-state index in [4.69, 9.17) is 24.3 Å². The molecule has 2 fully saturated rings. The summed E-state index contributed by atoms with van der Waals surface area (Å²) in [6.07, 6.45) is -2.73. The third-order valence-electron chi connectivity index (χ3n) is 6.81. The Morgan fingerprint density at radius 3 is 2.65 bits per heavy atom. The third-order valence-corrected chi connectivity index (χ3v) is 8.45. The quantitative estimate of drug-likeness (QED) is 0.161. The number of anilines is 2. The van der Waals surface area contributed by atoms with Crippen LogP contribution < -0.4 is 20.7 Å². The minimum atomic E-state index is -4.39. The number of aromatic nitrogens is 4. The van der Waals surface area contributed by atoms with Crippen LogP contribution in [0.1, 0.15) is 39.8 Å². The molecule has 17 heteroatoms. The number of nitrogens with zero attached hydrogens (tertiary/aromatic N) is 4. The van der Waals surface area contributed by atoms with Crippen LogP contribution in [0.3, 0.4) is 0 Å². The van der Waals surface area contributed by atoms with Gasteiger partial charge in [0.1, 0.15) is 30.7 Å². The number of esters is 1. The second-order valence-electron chi connectivity index (χ2n) is 10.7. The molecule has 1 aliphatic heterocycles. The number of nitrogen functional groups attached to an aromatic ring is 1. The molecule has 43 heavy (non-hydrogen) atoms. The van der Waals surface area contributed by atoms with Crippen molar-refractivity contribution in [3.63, 3.8) is 0 Å². The van der Waals surface area contributed by atoms with E-state index in [1.807, 2.05) is 0 Å². The average molecular weight is 626 g/mol. The second-order valence-corrected chi connectivity index (χ2v) is 12.4. The van der Waals surface area contributed by atoms with Crippen molar-refractivity contribution in [3.05, 3.63) is 36.7 Å². The van der Waals surface area contributed by atoms with E-state index in [-0.39, 0.29) is 28.9 Å². The monoisotopic (exact) mass is 625 g/mol. The summed E-state index contributed by atoms with van der Waals surface area (Å²) in [6.45, 7) is 2.34. The number of nitrogens with one attached hydrogen (secondary N) is 2. The number of para-hydroxylation sites is 1. The highest BCUT2D eigenvalue weighted by Crippen LogP contribution is 2.48. The molecule has 2 aromatic heterocycles. The normalized spacial score (nSPS) is 25.9. The number of carbonyl (C=O) groups is 1. The van der Waals surface area contributed by atoms with E-state index in [9.17, 15) is 18.9 Å². The molecule has 0 bridgehead atoms. The van der Waals surface area contributed by atoms with Gasteiger partial charge in [-0.2, -0.15) is 15.1 Å². The van der Waals surface area contributed by atoms with Crippen LogP contribution in [-0.2, 0) is 23.4 Å². The number of fused-ring (bicyclic) bond motifs is 1. The van der Waals surface area contributed by atoms with Crippen LogP contribution in [-0.4, -0.2) is 79.9 Å². The van der Waals surface area contributed by atoms with Crippen LogP contribution in [0.2, 0.25) is 0 Å². The first-order chi connectivity index (χ1) is 20.4. The molecular weight excluding hydrogens is 591 g/mol. The molecule has 1 aromatic carbocycles. The van der Waals surface area contributed by atoms with Crippen LogP contribution in [0.5, 0.6) is 5.75 Å². The number of carbonyl (C=O) groups excluding carboxylic acids is 1. The molecule has 5 rings (SSSR count). The van der Waals surface area contributed by atoms with E-state index >= 15 is 4.39 Å². The fourth-order valence-electron chi connectivity index (χ4n) is 4.51. The highest BCUT2D eigenvalue weighted by molar-refractivity contribution is 7.52. The molecule has 14 nitrogen and oxygen atoms in total. The Balaban J connectivity index is 1.38. The number of alkyl halides is 2. The average Bonchev–Trinajstić information content (AvgIpc) is 3.62. The highest BCUT2D eigenvalue weighted by atomic mass is 31.2. The van der Waals surface area contributed by atoms with E-state index in [0.717, 1.165) is 17.4 Å². The molecule has 0 spiro atoms. The van der Waals surface area contributed by atoms with E-state index < -0.39 is 63.2 Å². The minimum Gasteiger partial charge on any atom is -0.462 e. The summed E-state index contributed by atoms with van der Waals surface area (Å²) in [5.41, 5.74) is 3.22. The van der Waals surface area contributed by atoms with Crippen molar-refractivity contribution in [3.8, 4) is 5.75 Å². The standard InChI is InChI=1S/C26H34F2N7O7P/c1-14(2)40-23(37)15(3)34-43(38,42-17-7-5-4-6-8-17)39-11-18-20(36)26(28,12-27)24(41-18)35-13-30-19-21(31-16-9-10-16)32-25(29)33-22(19)35/h4-8,13-16,18,20,24,36H,9-12H2,1-3H3,(H,34,38)(H3,29,31,32,33)/t15-,18+,20+,24+,26+,43?/m0/s1. The Hall–Kier alpha value is -3.43. The first-order valence-electron chi connectivity index (χ1n) is 13.7. The molecule has 2 aliphatic rings. The number of hydrogen-bond donors (Lipinski definition) is 4. The smallest absolute Gasteiger partial charge is 0.459 e. The maximum absolute atomic E-state index is 16.1. The predicted octanol–water partition coefficient (Wildman–Crippen LogP) is 3.05. The lowest BCUT2D eigenvalue weighted by atomic mass is 9.97. The summed E-state index contributed by atoms with van der Waals surface area (Å²) in [5, 5.41) is 16.6. The van der Waals surface area contributed by atoms with Crippen molar-refractivity contribution < 1.29 is 41.8 Å². The maximum Gasteiger partial charge on any atom is 0.459 e. The minimum absolute atomic E-state index is 0.0575. The Labute approximate surface area is 245 Å². The van der Waals surface area contributed by atoms with Gasteiger partial charge in [-0.05, 0) is 45.7 Å². The Morgan fingerprint density at radius 2 is 2.00 bits per heavy atom. The summed E-state index contributed by atoms with van der Waals surface area (Å²) in [5.74, 6) is -0.385. The van der Waals surface area contributed by atoms with E-state index in [0.29, 0.717) is 5.82 Å². The van der Waals surface area contributed by atoms with E-state index in [2.05, 4.69) is 25.4 Å². The molecule has 3 aromatic rings. The lowest BCUT2D eigenvalue weighted by Gasteiger charge is -2.26. The zero-order valence-corrected chi connectivity index (χ0v) is 24.6. The molecule has 3 heterocycles. The van der Waals surface area contributed by atoms with E-state index in [1.165, 1.54) is 25.4 Å². The third kappa shape index (κ3) is 6.73. The fraction of sp³-hybridized carbons (Fsp3) is 0.538. The Bertz CT molecular complexity index is 1500. The van der Waals surface area contributed by atoms with Gasteiger partial charge in [-0.1, -0.05) is 18.2 Å². The van der Waals surface area contributed by atoms with Crippen LogP contribution in [0.4, 0.5) is 20.5 Å². The van der Waals surface area contributed by atoms with Gasteiger partial charge < -0.3 is 30.2 Å². The Kier molecular flexibility index (Phi) is 8.86. The van der Waals surface area contributed by atoms with Crippen LogP contribution in [0.15, 0.2) is 36.7 Å². The van der Waals surface area contributed by atoms with Gasteiger partial charge in [0.2, 0.25) is 11.6 Å². The molecule has 234 valence electrons. The summed E-state index contributed by atoms with van der Waals surface area (Å²) >= 11 is 0. The summed E-state index contributed by atoms with van der Waals surface area (Å²) in [4.78, 5) is 25.0. The Morgan fingerprint density at radius 1 is 1.28 bits per heavy atom. The number of halogens is 2. The molecule has 5 N–H and O–H groups in total. The van der Waals surface area contributed by atoms with Crippen LogP contribution in [0, 0.1) is 0 Å². The van der Waals surface area contributed by atoms with Crippen molar-refractivity contribution in [1.29, 1.82) is 0 Å². The van der Waals surface area contributed by atoms with Gasteiger partial charge in [0.15, 0.2) is 23.2 Å². The molecule has 1 unspecified atom stereocenters. The van der Waals surface area contributed by atoms with Crippen molar-refractivity contribution in [2.45, 2.75) is 75.9 Å². The maximum atomic E-state index is 16.1. The lowest BCUT2D eigenvalue weighted by Crippen LogP contribution is -2.45. The number of aliphatic hydroxyl groups excluding tert-OH is 1. The first-order valence-corrected chi connectivity index (χ1v) is 15.3. The molecular formula is C26H34F2N7O7P.